The molecule has 0 radical (unpaired) electrons. The van der Waals surface area contributed by atoms with Crippen molar-refractivity contribution in [2.45, 2.75) is 63.2 Å². The Morgan fingerprint density at radius 1 is 1.27 bits per heavy atom. The van der Waals surface area contributed by atoms with Crippen LogP contribution in [0.25, 0.3) is 0 Å². The second-order valence-corrected chi connectivity index (χ2v) is 6.83. The smallest absolute Gasteiger partial charge is 0.0798 e. The van der Waals surface area contributed by atoms with Gasteiger partial charge in [-0.25, -0.2) is 0 Å². The van der Waals surface area contributed by atoms with Crippen molar-refractivity contribution in [1.29, 1.82) is 0 Å². The highest BCUT2D eigenvalue weighted by molar-refractivity contribution is 8.00. The molecule has 1 heterocycles. The minimum Gasteiger partial charge on any atom is -0.388 e. The quantitative estimate of drug-likeness (QED) is 0.781. The van der Waals surface area contributed by atoms with E-state index in [1.54, 1.807) is 0 Å². The van der Waals surface area contributed by atoms with Gasteiger partial charge in [-0.15, -0.1) is 0 Å². The van der Waals surface area contributed by atoms with Gasteiger partial charge in [0.15, 0.2) is 0 Å². The summed E-state index contributed by atoms with van der Waals surface area (Å²) in [6.07, 6.45) is 7.58. The summed E-state index contributed by atoms with van der Waals surface area (Å²) < 4.78 is 0. The molecule has 1 saturated carbocycles. The first-order valence-electron chi connectivity index (χ1n) is 6.50. The van der Waals surface area contributed by atoms with Gasteiger partial charge in [0.05, 0.1) is 5.60 Å². The molecule has 1 aliphatic heterocycles. The summed E-state index contributed by atoms with van der Waals surface area (Å²) in [5, 5.41) is 11.2. The van der Waals surface area contributed by atoms with Crippen molar-refractivity contribution in [1.82, 2.24) is 0 Å². The van der Waals surface area contributed by atoms with E-state index in [2.05, 4.69) is 13.8 Å². The van der Waals surface area contributed by atoms with E-state index >= 15 is 0 Å². The highest BCUT2D eigenvalue weighted by Crippen LogP contribution is 2.46. The molecular weight excluding hydrogens is 204 g/mol. The molecule has 2 unspecified atom stereocenters. The van der Waals surface area contributed by atoms with E-state index in [9.17, 15) is 5.11 Å². The van der Waals surface area contributed by atoms with Crippen molar-refractivity contribution in [2.24, 2.45) is 11.8 Å². The highest BCUT2D eigenvalue weighted by atomic mass is 32.2. The van der Waals surface area contributed by atoms with Gasteiger partial charge < -0.3 is 5.11 Å². The Labute approximate surface area is 98.0 Å². The molecule has 1 aliphatic carbocycles. The summed E-state index contributed by atoms with van der Waals surface area (Å²) in [5.74, 6) is 2.69. The minimum atomic E-state index is -0.330. The Hall–Kier alpha value is 0.310. The maximum Gasteiger partial charge on any atom is 0.0798 e. The average molecular weight is 228 g/mol. The molecule has 0 aromatic rings. The van der Waals surface area contributed by atoms with Crippen LogP contribution < -0.4 is 0 Å². The summed E-state index contributed by atoms with van der Waals surface area (Å²) in [6, 6.07) is 0. The van der Waals surface area contributed by atoms with Crippen LogP contribution in [-0.2, 0) is 0 Å². The van der Waals surface area contributed by atoms with Crippen LogP contribution in [0.3, 0.4) is 0 Å². The third kappa shape index (κ3) is 2.21. The van der Waals surface area contributed by atoms with Crippen LogP contribution in [0.5, 0.6) is 0 Å². The molecule has 2 atom stereocenters. The van der Waals surface area contributed by atoms with Crippen molar-refractivity contribution >= 4 is 11.8 Å². The lowest BCUT2D eigenvalue weighted by Gasteiger charge is -2.40. The fourth-order valence-corrected chi connectivity index (χ4v) is 4.75. The van der Waals surface area contributed by atoms with Gasteiger partial charge in [-0.3, -0.25) is 0 Å². The Morgan fingerprint density at radius 2 is 1.93 bits per heavy atom. The van der Waals surface area contributed by atoms with Crippen LogP contribution >= 0.6 is 11.8 Å². The van der Waals surface area contributed by atoms with Gasteiger partial charge in [0.25, 0.3) is 0 Å². The molecule has 15 heavy (non-hydrogen) atoms. The van der Waals surface area contributed by atoms with Gasteiger partial charge in [-0.2, -0.15) is 11.8 Å². The van der Waals surface area contributed by atoms with Gasteiger partial charge in [0.2, 0.25) is 0 Å². The van der Waals surface area contributed by atoms with E-state index in [1.165, 1.54) is 32.1 Å². The van der Waals surface area contributed by atoms with Gasteiger partial charge in [0, 0.05) is 5.25 Å². The van der Waals surface area contributed by atoms with Crippen LogP contribution in [-0.4, -0.2) is 21.7 Å². The summed E-state index contributed by atoms with van der Waals surface area (Å²) in [4.78, 5) is 0. The third-order valence-electron chi connectivity index (χ3n) is 4.71. The number of hydrogen-bond acceptors (Lipinski definition) is 2. The summed E-state index contributed by atoms with van der Waals surface area (Å²) in [7, 11) is 0. The van der Waals surface area contributed by atoms with Gasteiger partial charge in [0.1, 0.15) is 0 Å². The van der Waals surface area contributed by atoms with E-state index in [0.29, 0.717) is 11.2 Å². The summed E-state index contributed by atoms with van der Waals surface area (Å²) in [5.41, 5.74) is -0.330. The number of hydrogen-bond donors (Lipinski definition) is 1. The Balaban J connectivity index is 1.94. The summed E-state index contributed by atoms with van der Waals surface area (Å²) in [6.45, 7) is 4.51. The number of aliphatic hydroxyl groups is 1. The van der Waals surface area contributed by atoms with Crippen LogP contribution in [0.15, 0.2) is 0 Å². The van der Waals surface area contributed by atoms with E-state index in [4.69, 9.17) is 0 Å². The van der Waals surface area contributed by atoms with Crippen molar-refractivity contribution in [3.05, 3.63) is 0 Å². The molecule has 2 fully saturated rings. The number of rotatable bonds is 2. The van der Waals surface area contributed by atoms with E-state index < -0.39 is 0 Å². The summed E-state index contributed by atoms with van der Waals surface area (Å²) >= 11 is 1.95. The van der Waals surface area contributed by atoms with Gasteiger partial charge in [-0.05, 0) is 36.9 Å². The molecule has 0 bridgehead atoms. The predicted molar refractivity (Wildman–Crippen MR) is 67.2 cm³/mol. The second-order valence-electron chi connectivity index (χ2n) is 5.38. The minimum absolute atomic E-state index is 0.330. The average Bonchev–Trinajstić information content (AvgIpc) is 2.61. The van der Waals surface area contributed by atoms with E-state index in [1.807, 2.05) is 11.8 Å². The molecule has 0 amide bonds. The lowest BCUT2D eigenvalue weighted by Crippen LogP contribution is -2.44. The molecule has 0 aromatic carbocycles. The zero-order chi connectivity index (χ0) is 10.9. The van der Waals surface area contributed by atoms with Crippen LogP contribution in [0, 0.1) is 11.8 Å². The van der Waals surface area contributed by atoms with E-state index in [-0.39, 0.29) is 5.60 Å². The number of thioether (sulfide) groups is 1. The third-order valence-corrected chi connectivity index (χ3v) is 6.05. The second kappa shape index (κ2) is 4.67. The molecule has 0 spiro atoms. The van der Waals surface area contributed by atoms with Crippen molar-refractivity contribution in [2.75, 3.05) is 5.75 Å². The normalized spacial score (nSPS) is 47.0. The molecule has 0 aromatic heterocycles. The van der Waals surface area contributed by atoms with Crippen LogP contribution in [0.4, 0.5) is 0 Å². The van der Waals surface area contributed by atoms with Crippen LogP contribution in [0.1, 0.15) is 52.4 Å². The Kier molecular flexibility index (Phi) is 3.67. The van der Waals surface area contributed by atoms with E-state index in [0.717, 1.165) is 18.1 Å². The first kappa shape index (κ1) is 11.8. The highest BCUT2D eigenvalue weighted by Gasteiger charge is 2.45. The van der Waals surface area contributed by atoms with Gasteiger partial charge >= 0.3 is 0 Å². The first-order valence-corrected chi connectivity index (χ1v) is 7.55. The topological polar surface area (TPSA) is 20.2 Å². The largest absolute Gasteiger partial charge is 0.388 e. The van der Waals surface area contributed by atoms with Crippen molar-refractivity contribution in [3.8, 4) is 0 Å². The molecular formula is C13H24OS. The molecule has 1 nitrogen and oxygen atoms in total. The lowest BCUT2D eigenvalue weighted by atomic mass is 9.71. The standard InChI is InChI=1S/C13H24OS/c1-3-11-4-6-12(7-5-11)13(14)8-9-15-10(13)2/h10-12,14H,3-9H2,1-2H3. The lowest BCUT2D eigenvalue weighted by molar-refractivity contribution is -0.0333. The Morgan fingerprint density at radius 3 is 2.40 bits per heavy atom. The molecule has 2 rings (SSSR count). The fraction of sp³-hybridized carbons (Fsp3) is 1.00. The van der Waals surface area contributed by atoms with Crippen molar-refractivity contribution in [3.63, 3.8) is 0 Å². The first-order chi connectivity index (χ1) is 7.16. The zero-order valence-electron chi connectivity index (χ0n) is 10.0. The molecule has 2 heteroatoms. The monoisotopic (exact) mass is 228 g/mol. The maximum absolute atomic E-state index is 10.7. The van der Waals surface area contributed by atoms with Gasteiger partial charge in [-0.1, -0.05) is 33.1 Å². The predicted octanol–water partition coefficient (Wildman–Crippen LogP) is 3.46. The molecule has 88 valence electrons. The van der Waals surface area contributed by atoms with Crippen molar-refractivity contribution < 1.29 is 5.11 Å². The Bertz CT molecular complexity index is 211. The maximum atomic E-state index is 10.7. The molecule has 2 aliphatic rings. The van der Waals surface area contributed by atoms with Crippen LogP contribution in [0.2, 0.25) is 0 Å². The molecule has 1 N–H and O–H groups in total. The SMILES string of the molecule is CCC1CCC(C2(O)CCSC2C)CC1. The molecule has 1 saturated heterocycles. The zero-order valence-corrected chi connectivity index (χ0v) is 10.9. The fourth-order valence-electron chi connectivity index (χ4n) is 3.35.